The van der Waals surface area contributed by atoms with E-state index < -0.39 is 0 Å². The van der Waals surface area contributed by atoms with Crippen LogP contribution < -0.4 is 0 Å². The molecule has 2 fully saturated rings. The number of hydrogen-bond acceptors (Lipinski definition) is 0. The van der Waals surface area contributed by atoms with Crippen molar-refractivity contribution in [1.29, 1.82) is 0 Å². The molecular weight excluding hydrogens is 188 g/mol. The van der Waals surface area contributed by atoms with Crippen LogP contribution in [-0.4, -0.2) is 23.0 Å². The minimum absolute atomic E-state index is 0.0916. The zero-order valence-electron chi connectivity index (χ0n) is 9.76. The molecule has 2 heterocycles. The molecule has 0 aromatic heterocycles. The van der Waals surface area contributed by atoms with Gasteiger partial charge in [0.2, 0.25) is 0 Å². The summed E-state index contributed by atoms with van der Waals surface area (Å²) < 4.78 is 0. The van der Waals surface area contributed by atoms with Crippen molar-refractivity contribution in [3.05, 3.63) is 0 Å². The Morgan fingerprint density at radius 1 is 0.714 bits per heavy atom. The lowest BCUT2D eigenvalue weighted by atomic mass is 10.0. The third kappa shape index (κ3) is 2.68. The van der Waals surface area contributed by atoms with Gasteiger partial charge in [-0.15, -0.1) is 0 Å². The molecule has 2 rings (SSSR count). The van der Waals surface area contributed by atoms with E-state index in [1.165, 1.54) is 19.3 Å². The molecule has 14 heavy (non-hydrogen) atoms. The molecule has 1 atom stereocenters. The maximum atomic E-state index is 2.47. The molecule has 84 valence electrons. The van der Waals surface area contributed by atoms with Gasteiger partial charge in [0, 0.05) is 0 Å². The molecule has 1 heteroatoms. The van der Waals surface area contributed by atoms with Crippen molar-refractivity contribution in [2.24, 2.45) is 5.92 Å². The largest absolute Gasteiger partial charge is 0.241 e. The first kappa shape index (κ1) is 10.9. The molecule has 0 aliphatic carbocycles. The van der Waals surface area contributed by atoms with E-state index >= 15 is 0 Å². The van der Waals surface area contributed by atoms with E-state index in [4.69, 9.17) is 0 Å². The van der Waals surface area contributed by atoms with E-state index in [0.29, 0.717) is 0 Å². The fraction of sp³-hybridized carbons (Fsp3) is 1.00. The third-order valence-electron chi connectivity index (χ3n) is 4.22. The molecule has 1 spiro atoms. The standard InChI is InChI=1S/C13H26S/c1-13-7-3-6-11-14(12-8-13)9-4-2-5-10-14/h13H,2-12H2,1H3. The zero-order chi connectivity index (χ0) is 9.86. The summed E-state index contributed by atoms with van der Waals surface area (Å²) in [4.78, 5) is 0. The van der Waals surface area contributed by atoms with Gasteiger partial charge in [0.05, 0.1) is 0 Å². The van der Waals surface area contributed by atoms with Crippen LogP contribution in [0.4, 0.5) is 0 Å². The molecular formula is C13H26S. The molecule has 0 bridgehead atoms. The van der Waals surface area contributed by atoms with Crippen LogP contribution in [0.5, 0.6) is 0 Å². The molecule has 0 saturated carbocycles. The second kappa shape index (κ2) is 4.92. The quantitative estimate of drug-likeness (QED) is 0.567. The van der Waals surface area contributed by atoms with Crippen molar-refractivity contribution in [2.45, 2.75) is 51.9 Å². The monoisotopic (exact) mass is 214 g/mol. The third-order valence-corrected chi connectivity index (χ3v) is 8.79. The highest BCUT2D eigenvalue weighted by Crippen LogP contribution is 2.54. The molecule has 1 unspecified atom stereocenters. The van der Waals surface area contributed by atoms with Crippen LogP contribution in [0.2, 0.25) is 0 Å². The molecule has 0 nitrogen and oxygen atoms in total. The van der Waals surface area contributed by atoms with Crippen molar-refractivity contribution in [2.75, 3.05) is 23.0 Å². The van der Waals surface area contributed by atoms with Gasteiger partial charge in [-0.3, -0.25) is 0 Å². The van der Waals surface area contributed by atoms with Gasteiger partial charge in [-0.05, 0) is 54.6 Å². The van der Waals surface area contributed by atoms with Gasteiger partial charge in [0.1, 0.15) is 0 Å². The Morgan fingerprint density at radius 3 is 2.07 bits per heavy atom. The van der Waals surface area contributed by atoms with Crippen molar-refractivity contribution in [1.82, 2.24) is 0 Å². The Kier molecular flexibility index (Phi) is 3.81. The van der Waals surface area contributed by atoms with Gasteiger partial charge in [-0.1, -0.05) is 26.2 Å². The first-order chi connectivity index (χ1) is 6.81. The fourth-order valence-corrected chi connectivity index (χ4v) is 7.68. The predicted molar refractivity (Wildman–Crippen MR) is 68.5 cm³/mol. The first-order valence-corrected chi connectivity index (χ1v) is 8.86. The highest BCUT2D eigenvalue weighted by Gasteiger charge is 2.27. The maximum Gasteiger partial charge on any atom is -0.0225 e. The maximum absolute atomic E-state index is 2.47. The highest BCUT2D eigenvalue weighted by atomic mass is 32.3. The van der Waals surface area contributed by atoms with E-state index in [9.17, 15) is 0 Å². The summed E-state index contributed by atoms with van der Waals surface area (Å²) in [5.74, 6) is 7.58. The Hall–Kier alpha value is 0.350. The Morgan fingerprint density at radius 2 is 1.36 bits per heavy atom. The van der Waals surface area contributed by atoms with Crippen molar-refractivity contribution < 1.29 is 0 Å². The first-order valence-electron chi connectivity index (χ1n) is 6.55. The lowest BCUT2D eigenvalue weighted by Gasteiger charge is -2.45. The second-order valence-electron chi connectivity index (χ2n) is 5.49. The number of rotatable bonds is 0. The molecule has 2 aliphatic heterocycles. The summed E-state index contributed by atoms with van der Waals surface area (Å²) in [6.45, 7) is 2.47. The topological polar surface area (TPSA) is 0 Å². The predicted octanol–water partition coefficient (Wildman–Crippen LogP) is 4.19. The Balaban J connectivity index is 1.93. The van der Waals surface area contributed by atoms with Crippen LogP contribution in [-0.2, 0) is 0 Å². The molecule has 2 saturated heterocycles. The molecule has 0 aromatic carbocycles. The average molecular weight is 214 g/mol. The molecule has 0 aromatic rings. The van der Waals surface area contributed by atoms with Crippen LogP contribution in [0, 0.1) is 5.92 Å². The Bertz CT molecular complexity index is 170. The summed E-state index contributed by atoms with van der Waals surface area (Å²) in [6.07, 6.45) is 10.8. The van der Waals surface area contributed by atoms with E-state index in [-0.39, 0.29) is 10.0 Å². The van der Waals surface area contributed by atoms with E-state index in [1.807, 2.05) is 0 Å². The molecule has 0 radical (unpaired) electrons. The van der Waals surface area contributed by atoms with Gasteiger partial charge >= 0.3 is 0 Å². The van der Waals surface area contributed by atoms with E-state index in [0.717, 1.165) is 5.92 Å². The summed E-state index contributed by atoms with van der Waals surface area (Å²) >= 11 is 0. The van der Waals surface area contributed by atoms with E-state index in [2.05, 4.69) is 6.92 Å². The van der Waals surface area contributed by atoms with Crippen LogP contribution in [0.3, 0.4) is 0 Å². The highest BCUT2D eigenvalue weighted by molar-refractivity contribution is 8.33. The second-order valence-corrected chi connectivity index (χ2v) is 9.57. The smallest absolute Gasteiger partial charge is 0.0225 e. The van der Waals surface area contributed by atoms with Gasteiger partial charge in [0.25, 0.3) is 0 Å². The van der Waals surface area contributed by atoms with Gasteiger partial charge in [-0.25, -0.2) is 10.0 Å². The summed E-state index contributed by atoms with van der Waals surface area (Å²) in [7, 11) is -0.0916. The van der Waals surface area contributed by atoms with Crippen LogP contribution in [0.15, 0.2) is 0 Å². The van der Waals surface area contributed by atoms with Gasteiger partial charge < -0.3 is 0 Å². The number of hydrogen-bond donors (Lipinski definition) is 0. The lowest BCUT2D eigenvalue weighted by molar-refractivity contribution is 0.487. The fourth-order valence-electron chi connectivity index (χ4n) is 3.10. The normalized spacial score (nSPS) is 35.9. The summed E-state index contributed by atoms with van der Waals surface area (Å²) in [5.41, 5.74) is 0. The van der Waals surface area contributed by atoms with Crippen LogP contribution in [0.25, 0.3) is 0 Å². The minimum atomic E-state index is -0.0916. The van der Waals surface area contributed by atoms with E-state index in [1.54, 1.807) is 48.7 Å². The van der Waals surface area contributed by atoms with Gasteiger partial charge in [-0.2, -0.15) is 0 Å². The Labute approximate surface area is 91.2 Å². The SMILES string of the molecule is CC1CCCCS2(CCCCC2)CC1. The van der Waals surface area contributed by atoms with Crippen molar-refractivity contribution in [3.8, 4) is 0 Å². The van der Waals surface area contributed by atoms with Crippen molar-refractivity contribution in [3.63, 3.8) is 0 Å². The average Bonchev–Trinajstić information content (AvgIpc) is 2.21. The van der Waals surface area contributed by atoms with Gasteiger partial charge in [0.15, 0.2) is 0 Å². The molecule has 0 N–H and O–H groups in total. The van der Waals surface area contributed by atoms with Crippen LogP contribution in [0.1, 0.15) is 51.9 Å². The zero-order valence-corrected chi connectivity index (χ0v) is 10.6. The minimum Gasteiger partial charge on any atom is -0.241 e. The van der Waals surface area contributed by atoms with Crippen molar-refractivity contribution >= 4 is 10.0 Å². The summed E-state index contributed by atoms with van der Waals surface area (Å²) in [5, 5.41) is 0. The lowest BCUT2D eigenvalue weighted by Crippen LogP contribution is -2.24. The van der Waals surface area contributed by atoms with Crippen LogP contribution >= 0.6 is 10.0 Å². The molecule has 0 amide bonds. The summed E-state index contributed by atoms with van der Waals surface area (Å²) in [6, 6.07) is 0. The molecule has 2 aliphatic rings.